The number of nitrogens with one attached hydrogen (secondary N) is 1. The summed E-state index contributed by atoms with van der Waals surface area (Å²) in [6, 6.07) is 0.0545. The molecule has 1 aliphatic heterocycles. The molecular weight excluding hydrogens is 236 g/mol. The molecule has 1 saturated heterocycles. The van der Waals surface area contributed by atoms with Crippen LogP contribution in [0.3, 0.4) is 0 Å². The minimum absolute atomic E-state index is 0.0310. The zero-order chi connectivity index (χ0) is 13.5. The number of hydrogen-bond donors (Lipinski definition) is 3. The number of aliphatic hydroxyl groups excluding tert-OH is 1. The average Bonchev–Trinajstić information content (AvgIpc) is 2.53. The van der Waals surface area contributed by atoms with Crippen LogP contribution in [-0.4, -0.2) is 52.3 Å². The van der Waals surface area contributed by atoms with Gasteiger partial charge in [0.15, 0.2) is 6.10 Å². The summed E-state index contributed by atoms with van der Waals surface area (Å²) >= 11 is 0. The van der Waals surface area contributed by atoms with Crippen LogP contribution in [0, 0.1) is 0 Å². The molecule has 3 N–H and O–H groups in total. The number of carboxylic acid groups (broad SMARTS) is 1. The molecule has 1 rings (SSSR count). The average molecular weight is 258 g/mol. The topological polar surface area (TPSA) is 89.9 Å². The molecule has 0 radical (unpaired) electrons. The summed E-state index contributed by atoms with van der Waals surface area (Å²) in [5.74, 6) is -1.26. The first-order valence-electron chi connectivity index (χ1n) is 6.47. The van der Waals surface area contributed by atoms with Crippen molar-refractivity contribution in [3.63, 3.8) is 0 Å². The van der Waals surface area contributed by atoms with Crippen molar-refractivity contribution in [2.45, 2.75) is 51.2 Å². The van der Waals surface area contributed by atoms with Crippen LogP contribution in [0.15, 0.2) is 0 Å². The smallest absolute Gasteiger partial charge is 0.332 e. The molecule has 6 heteroatoms. The van der Waals surface area contributed by atoms with E-state index in [0.717, 1.165) is 32.2 Å². The first kappa shape index (κ1) is 14.8. The first-order chi connectivity index (χ1) is 8.52. The lowest BCUT2D eigenvalue weighted by Gasteiger charge is -2.27. The Hall–Kier alpha value is -1.30. The number of rotatable bonds is 4. The lowest BCUT2D eigenvalue weighted by atomic mass is 10.1. The number of amides is 2. The van der Waals surface area contributed by atoms with Crippen molar-refractivity contribution in [1.82, 2.24) is 10.2 Å². The highest BCUT2D eigenvalue weighted by Crippen LogP contribution is 2.16. The lowest BCUT2D eigenvalue weighted by Crippen LogP contribution is -2.45. The van der Waals surface area contributed by atoms with Crippen molar-refractivity contribution < 1.29 is 19.8 Å². The van der Waals surface area contributed by atoms with Crippen LogP contribution in [0.25, 0.3) is 0 Å². The molecule has 0 aromatic heterocycles. The molecular formula is C12H22N2O4. The molecule has 2 atom stereocenters. The van der Waals surface area contributed by atoms with Gasteiger partial charge in [0, 0.05) is 25.6 Å². The summed E-state index contributed by atoms with van der Waals surface area (Å²) < 4.78 is 0. The van der Waals surface area contributed by atoms with E-state index in [1.54, 1.807) is 4.90 Å². The van der Waals surface area contributed by atoms with Gasteiger partial charge in [-0.1, -0.05) is 12.8 Å². The number of carboxylic acids is 1. The number of hydrogen-bond acceptors (Lipinski definition) is 3. The minimum atomic E-state index is -1.41. The fourth-order valence-electron chi connectivity index (χ4n) is 2.12. The zero-order valence-electron chi connectivity index (χ0n) is 10.8. The highest BCUT2D eigenvalue weighted by Gasteiger charge is 2.22. The van der Waals surface area contributed by atoms with Gasteiger partial charge in [-0.05, 0) is 19.8 Å². The second kappa shape index (κ2) is 7.20. The number of carbonyl (C=O) groups is 2. The third kappa shape index (κ3) is 4.52. The van der Waals surface area contributed by atoms with Crippen LogP contribution in [-0.2, 0) is 4.79 Å². The highest BCUT2D eigenvalue weighted by atomic mass is 16.4. The number of nitrogens with zero attached hydrogens (tertiary/aromatic N) is 1. The maximum Gasteiger partial charge on any atom is 0.332 e. The van der Waals surface area contributed by atoms with Gasteiger partial charge in [0.05, 0.1) is 0 Å². The van der Waals surface area contributed by atoms with Gasteiger partial charge in [-0.2, -0.15) is 0 Å². The Bertz CT molecular complexity index is 296. The van der Waals surface area contributed by atoms with Gasteiger partial charge in [0.2, 0.25) is 0 Å². The van der Waals surface area contributed by atoms with Crippen LogP contribution in [0.1, 0.15) is 39.0 Å². The fourth-order valence-corrected chi connectivity index (χ4v) is 2.12. The molecule has 1 heterocycles. The quantitative estimate of drug-likeness (QED) is 0.695. The number of aliphatic hydroxyl groups is 1. The zero-order valence-corrected chi connectivity index (χ0v) is 10.8. The van der Waals surface area contributed by atoms with Gasteiger partial charge in [0.1, 0.15) is 0 Å². The van der Waals surface area contributed by atoms with Gasteiger partial charge in [-0.3, -0.25) is 0 Å². The van der Waals surface area contributed by atoms with E-state index in [4.69, 9.17) is 10.2 Å². The van der Waals surface area contributed by atoms with Crippen molar-refractivity contribution in [2.24, 2.45) is 0 Å². The Labute approximate surface area is 107 Å². The maximum absolute atomic E-state index is 11.9. The summed E-state index contributed by atoms with van der Waals surface area (Å²) in [7, 11) is 0. The molecule has 1 unspecified atom stereocenters. The number of carbonyl (C=O) groups excluding carboxylic acids is 1. The second-order valence-corrected chi connectivity index (χ2v) is 4.77. The Morgan fingerprint density at radius 2 is 2.11 bits per heavy atom. The SMILES string of the molecule is CC1CCCCCN1C(=O)NCC[C@H](O)C(=O)O. The van der Waals surface area contributed by atoms with Crippen molar-refractivity contribution in [2.75, 3.05) is 13.1 Å². The molecule has 0 aromatic rings. The molecule has 18 heavy (non-hydrogen) atoms. The third-order valence-electron chi connectivity index (χ3n) is 3.29. The van der Waals surface area contributed by atoms with Crippen molar-refractivity contribution >= 4 is 12.0 Å². The Kier molecular flexibility index (Phi) is 5.91. The number of aliphatic carboxylic acids is 1. The number of urea groups is 1. The van der Waals surface area contributed by atoms with Gasteiger partial charge in [-0.15, -0.1) is 0 Å². The van der Waals surface area contributed by atoms with E-state index in [0.29, 0.717) is 0 Å². The van der Waals surface area contributed by atoms with Crippen LogP contribution >= 0.6 is 0 Å². The van der Waals surface area contributed by atoms with E-state index in [9.17, 15) is 9.59 Å². The van der Waals surface area contributed by atoms with Crippen LogP contribution < -0.4 is 5.32 Å². The normalized spacial score (nSPS) is 22.1. The Morgan fingerprint density at radius 1 is 1.39 bits per heavy atom. The van der Waals surface area contributed by atoms with Gasteiger partial charge >= 0.3 is 12.0 Å². The minimum Gasteiger partial charge on any atom is -0.479 e. The van der Waals surface area contributed by atoms with Crippen molar-refractivity contribution in [1.29, 1.82) is 0 Å². The maximum atomic E-state index is 11.9. The molecule has 6 nitrogen and oxygen atoms in total. The Morgan fingerprint density at radius 3 is 2.78 bits per heavy atom. The molecule has 2 amide bonds. The summed E-state index contributed by atoms with van der Waals surface area (Å²) in [6.07, 6.45) is 2.92. The summed E-state index contributed by atoms with van der Waals surface area (Å²) in [5.41, 5.74) is 0. The fraction of sp³-hybridized carbons (Fsp3) is 0.833. The molecule has 104 valence electrons. The molecule has 0 bridgehead atoms. The molecule has 0 saturated carbocycles. The van der Waals surface area contributed by atoms with Crippen LogP contribution in [0.5, 0.6) is 0 Å². The first-order valence-corrected chi connectivity index (χ1v) is 6.47. The van der Waals surface area contributed by atoms with E-state index in [2.05, 4.69) is 5.32 Å². The second-order valence-electron chi connectivity index (χ2n) is 4.77. The highest BCUT2D eigenvalue weighted by molar-refractivity contribution is 5.75. The van der Waals surface area contributed by atoms with Crippen LogP contribution in [0.4, 0.5) is 4.79 Å². The number of likely N-dealkylation sites (tertiary alicyclic amines) is 1. The van der Waals surface area contributed by atoms with Gasteiger partial charge < -0.3 is 20.4 Å². The van der Waals surface area contributed by atoms with Gasteiger partial charge in [0.25, 0.3) is 0 Å². The summed E-state index contributed by atoms with van der Waals surface area (Å²) in [5, 5.41) is 20.2. The predicted octanol–water partition coefficient (Wildman–Crippen LogP) is 0.796. The van der Waals surface area contributed by atoms with Crippen molar-refractivity contribution in [3.8, 4) is 0 Å². The standard InChI is InChI=1S/C12H22N2O4/c1-9-5-3-2-4-8-14(9)12(18)13-7-6-10(15)11(16)17/h9-10,15H,2-8H2,1H3,(H,13,18)(H,16,17)/t9?,10-/m0/s1. The van der Waals surface area contributed by atoms with E-state index in [-0.39, 0.29) is 25.0 Å². The molecule has 1 fully saturated rings. The van der Waals surface area contributed by atoms with E-state index in [1.807, 2.05) is 6.92 Å². The van der Waals surface area contributed by atoms with Crippen molar-refractivity contribution in [3.05, 3.63) is 0 Å². The molecule has 0 aromatic carbocycles. The van der Waals surface area contributed by atoms with E-state index < -0.39 is 12.1 Å². The monoisotopic (exact) mass is 258 g/mol. The molecule has 1 aliphatic rings. The molecule has 0 spiro atoms. The van der Waals surface area contributed by atoms with Gasteiger partial charge in [-0.25, -0.2) is 9.59 Å². The Balaban J connectivity index is 2.32. The van der Waals surface area contributed by atoms with E-state index >= 15 is 0 Å². The van der Waals surface area contributed by atoms with E-state index in [1.165, 1.54) is 0 Å². The summed E-state index contributed by atoms with van der Waals surface area (Å²) in [6.45, 7) is 2.95. The lowest BCUT2D eigenvalue weighted by molar-refractivity contribution is -0.146. The molecule has 0 aliphatic carbocycles. The summed E-state index contributed by atoms with van der Waals surface area (Å²) in [4.78, 5) is 24.1. The third-order valence-corrected chi connectivity index (χ3v) is 3.29. The largest absolute Gasteiger partial charge is 0.479 e. The predicted molar refractivity (Wildman–Crippen MR) is 66.3 cm³/mol. The van der Waals surface area contributed by atoms with Crippen LogP contribution in [0.2, 0.25) is 0 Å².